The van der Waals surface area contributed by atoms with Crippen LogP contribution >= 0.6 is 0 Å². The van der Waals surface area contributed by atoms with Gasteiger partial charge in [0.15, 0.2) is 0 Å². The molecule has 0 aliphatic carbocycles. The van der Waals surface area contributed by atoms with E-state index in [-0.39, 0.29) is 18.6 Å². The Morgan fingerprint density at radius 1 is 1.42 bits per heavy atom. The van der Waals surface area contributed by atoms with Crippen LogP contribution in [0.3, 0.4) is 0 Å². The summed E-state index contributed by atoms with van der Waals surface area (Å²) in [5, 5.41) is 2.93. The fourth-order valence-electron chi connectivity index (χ4n) is 2.06. The number of hydrogen-bond acceptors (Lipinski definition) is 3. The Morgan fingerprint density at radius 3 is 2.53 bits per heavy atom. The number of nitrogens with one attached hydrogen (secondary N) is 1. The van der Waals surface area contributed by atoms with Gasteiger partial charge in [0, 0.05) is 25.7 Å². The van der Waals surface area contributed by atoms with E-state index in [1.54, 1.807) is 0 Å². The zero-order valence-corrected chi connectivity index (χ0v) is 13.1. The van der Waals surface area contributed by atoms with Gasteiger partial charge in [0.25, 0.3) is 0 Å². The summed E-state index contributed by atoms with van der Waals surface area (Å²) in [7, 11) is 1.53. The molecule has 0 saturated heterocycles. The third kappa shape index (κ3) is 7.33. The van der Waals surface area contributed by atoms with E-state index in [1.807, 2.05) is 13.0 Å². The van der Waals surface area contributed by atoms with Crippen LogP contribution in [0.15, 0.2) is 12.7 Å². The van der Waals surface area contributed by atoms with E-state index in [0.717, 1.165) is 19.5 Å². The Kier molecular flexibility index (Phi) is 9.53. The third-order valence-corrected chi connectivity index (χ3v) is 3.65. The summed E-state index contributed by atoms with van der Waals surface area (Å²) in [6.45, 7) is 14.6. The number of amides is 1. The lowest BCUT2D eigenvalue weighted by molar-refractivity contribution is -0.125. The smallest absolute Gasteiger partial charge is 0.246 e. The molecule has 4 heteroatoms. The molecule has 0 spiro atoms. The number of methoxy groups -OCH3 is 1. The topological polar surface area (TPSA) is 41.6 Å². The van der Waals surface area contributed by atoms with Crippen LogP contribution in [-0.4, -0.2) is 49.7 Å². The van der Waals surface area contributed by atoms with Crippen LogP contribution in [0.4, 0.5) is 0 Å². The molecule has 0 radical (unpaired) electrons. The molecule has 0 saturated carbocycles. The molecule has 0 aromatic heterocycles. The van der Waals surface area contributed by atoms with Crippen LogP contribution in [0.25, 0.3) is 0 Å². The van der Waals surface area contributed by atoms with Gasteiger partial charge in [0.05, 0.1) is 0 Å². The van der Waals surface area contributed by atoms with Crippen LogP contribution in [0.5, 0.6) is 0 Å². The molecule has 0 aromatic rings. The Bertz CT molecular complexity index is 269. The average Bonchev–Trinajstić information content (AvgIpc) is 2.38. The number of carbonyl (C=O) groups excluding carboxylic acids is 1. The van der Waals surface area contributed by atoms with Gasteiger partial charge < -0.3 is 15.0 Å². The summed E-state index contributed by atoms with van der Waals surface area (Å²) in [6, 6.07) is 0.646. The van der Waals surface area contributed by atoms with Crippen molar-refractivity contribution in [2.45, 2.75) is 46.2 Å². The van der Waals surface area contributed by atoms with Gasteiger partial charge in [0.1, 0.15) is 6.61 Å². The molecule has 0 bridgehead atoms. The van der Waals surface area contributed by atoms with E-state index in [4.69, 9.17) is 4.74 Å². The second-order valence-corrected chi connectivity index (χ2v) is 5.15. The molecular formula is C15H30N2O2. The van der Waals surface area contributed by atoms with Gasteiger partial charge in [-0.1, -0.05) is 19.9 Å². The third-order valence-electron chi connectivity index (χ3n) is 3.65. The fourth-order valence-corrected chi connectivity index (χ4v) is 2.06. The zero-order chi connectivity index (χ0) is 14.8. The van der Waals surface area contributed by atoms with Crippen molar-refractivity contribution in [3.8, 4) is 0 Å². The summed E-state index contributed by atoms with van der Waals surface area (Å²) >= 11 is 0. The molecule has 3 atom stereocenters. The Balaban J connectivity index is 4.12. The number of rotatable bonds is 10. The van der Waals surface area contributed by atoms with E-state index in [1.165, 1.54) is 7.11 Å². The van der Waals surface area contributed by atoms with Crippen molar-refractivity contribution in [3.05, 3.63) is 12.7 Å². The molecule has 0 heterocycles. The maximum absolute atomic E-state index is 11.4. The molecule has 1 N–H and O–H groups in total. The highest BCUT2D eigenvalue weighted by Crippen LogP contribution is 2.12. The predicted octanol–water partition coefficient (Wildman–Crippen LogP) is 2.06. The molecule has 1 amide bonds. The van der Waals surface area contributed by atoms with Gasteiger partial charge in [-0.15, -0.1) is 6.58 Å². The average molecular weight is 270 g/mol. The monoisotopic (exact) mass is 270 g/mol. The molecule has 0 aliphatic rings. The molecule has 4 nitrogen and oxygen atoms in total. The number of ether oxygens (including phenoxy) is 1. The summed E-state index contributed by atoms with van der Waals surface area (Å²) in [5.41, 5.74) is 0. The van der Waals surface area contributed by atoms with Crippen molar-refractivity contribution in [3.63, 3.8) is 0 Å². The first kappa shape index (κ1) is 18.1. The first-order valence-corrected chi connectivity index (χ1v) is 7.11. The van der Waals surface area contributed by atoms with Crippen LogP contribution < -0.4 is 5.32 Å². The normalized spacial score (nSPS) is 15.9. The lowest BCUT2D eigenvalue weighted by Gasteiger charge is -2.31. The van der Waals surface area contributed by atoms with Crippen LogP contribution in [0.2, 0.25) is 0 Å². The molecule has 0 aromatic carbocycles. The predicted molar refractivity (Wildman–Crippen MR) is 80.2 cm³/mol. The van der Waals surface area contributed by atoms with Gasteiger partial charge in [-0.05, 0) is 32.7 Å². The summed E-state index contributed by atoms with van der Waals surface area (Å²) in [5.74, 6) is 0.420. The van der Waals surface area contributed by atoms with Gasteiger partial charge in [-0.25, -0.2) is 0 Å². The lowest BCUT2D eigenvalue weighted by atomic mass is 10.0. The Hall–Kier alpha value is -0.870. The molecule has 0 fully saturated rings. The van der Waals surface area contributed by atoms with Crippen molar-refractivity contribution in [1.29, 1.82) is 0 Å². The highest BCUT2D eigenvalue weighted by atomic mass is 16.5. The molecular weight excluding hydrogens is 240 g/mol. The quantitative estimate of drug-likeness (QED) is 0.618. The standard InChI is InChI=1S/C15H30N2O2/c1-7-12(3)14(5)17(8-2)10-9-13(4)16-15(18)11-19-6/h7,12-14H,1,8-11H2,2-6H3,(H,16,18). The minimum atomic E-state index is -0.0504. The van der Waals surface area contributed by atoms with Crippen molar-refractivity contribution in [1.82, 2.24) is 10.2 Å². The van der Waals surface area contributed by atoms with E-state index in [0.29, 0.717) is 12.0 Å². The van der Waals surface area contributed by atoms with Gasteiger partial charge in [-0.2, -0.15) is 0 Å². The minimum Gasteiger partial charge on any atom is -0.375 e. The maximum Gasteiger partial charge on any atom is 0.246 e. The number of carbonyl (C=O) groups is 1. The first-order chi connectivity index (χ1) is 8.96. The van der Waals surface area contributed by atoms with Gasteiger partial charge >= 0.3 is 0 Å². The SMILES string of the molecule is C=CC(C)C(C)N(CC)CCC(C)NC(=O)COC. The van der Waals surface area contributed by atoms with Gasteiger partial charge in [-0.3, -0.25) is 4.79 Å². The summed E-state index contributed by atoms with van der Waals surface area (Å²) < 4.78 is 4.80. The van der Waals surface area contributed by atoms with Crippen LogP contribution in [0, 0.1) is 5.92 Å². The van der Waals surface area contributed by atoms with Crippen molar-refractivity contribution in [2.75, 3.05) is 26.8 Å². The van der Waals surface area contributed by atoms with Crippen molar-refractivity contribution >= 4 is 5.91 Å². The summed E-state index contributed by atoms with van der Waals surface area (Å²) in [4.78, 5) is 13.8. The first-order valence-electron chi connectivity index (χ1n) is 7.11. The van der Waals surface area contributed by atoms with Crippen molar-refractivity contribution in [2.24, 2.45) is 5.92 Å². The van der Waals surface area contributed by atoms with Crippen molar-refractivity contribution < 1.29 is 9.53 Å². The fraction of sp³-hybridized carbons (Fsp3) is 0.800. The highest BCUT2D eigenvalue weighted by Gasteiger charge is 2.17. The van der Waals surface area contributed by atoms with Gasteiger partial charge in [0.2, 0.25) is 5.91 Å². The maximum atomic E-state index is 11.4. The molecule has 3 unspecified atom stereocenters. The number of nitrogens with zero attached hydrogens (tertiary/aromatic N) is 1. The Labute approximate surface area is 118 Å². The largest absolute Gasteiger partial charge is 0.375 e. The zero-order valence-electron chi connectivity index (χ0n) is 13.1. The lowest BCUT2D eigenvalue weighted by Crippen LogP contribution is -2.41. The highest BCUT2D eigenvalue weighted by molar-refractivity contribution is 5.77. The van der Waals surface area contributed by atoms with Crippen LogP contribution in [0.1, 0.15) is 34.1 Å². The molecule has 0 aliphatic heterocycles. The van der Waals surface area contributed by atoms with E-state index < -0.39 is 0 Å². The second kappa shape index (κ2) is 9.98. The number of hydrogen-bond donors (Lipinski definition) is 1. The molecule has 112 valence electrons. The van der Waals surface area contributed by atoms with E-state index >= 15 is 0 Å². The summed E-state index contributed by atoms with van der Waals surface area (Å²) in [6.07, 6.45) is 2.94. The van der Waals surface area contributed by atoms with E-state index in [2.05, 4.69) is 37.6 Å². The minimum absolute atomic E-state index is 0.0504. The Morgan fingerprint density at radius 2 is 2.05 bits per heavy atom. The molecule has 19 heavy (non-hydrogen) atoms. The molecule has 0 rings (SSSR count). The van der Waals surface area contributed by atoms with E-state index in [9.17, 15) is 4.79 Å². The second-order valence-electron chi connectivity index (χ2n) is 5.15. The van der Waals surface area contributed by atoms with Crippen LogP contribution in [-0.2, 0) is 9.53 Å².